The molecule has 1 aliphatic heterocycles. The van der Waals surface area contributed by atoms with Crippen molar-refractivity contribution in [3.63, 3.8) is 0 Å². The highest BCUT2D eigenvalue weighted by Crippen LogP contribution is 2.47. The van der Waals surface area contributed by atoms with Crippen molar-refractivity contribution in [1.29, 1.82) is 0 Å². The molecule has 1 aromatic carbocycles. The highest BCUT2D eigenvalue weighted by molar-refractivity contribution is 5.92. The summed E-state index contributed by atoms with van der Waals surface area (Å²) in [4.78, 5) is 18.4. The monoisotopic (exact) mass is 349 g/mol. The molecule has 140 valence electrons. The number of carbonyl (C=O) groups is 1. The highest BCUT2D eigenvalue weighted by atomic mass is 16.7. The Hall–Kier alpha value is -1.79. The number of ether oxygens (including phenoxy) is 1. The van der Waals surface area contributed by atoms with E-state index in [-0.39, 0.29) is 11.1 Å². The highest BCUT2D eigenvalue weighted by Gasteiger charge is 2.54. The van der Waals surface area contributed by atoms with Gasteiger partial charge in [-0.05, 0) is 52.3 Å². The molecule has 0 aliphatic carbocycles. The van der Waals surface area contributed by atoms with Gasteiger partial charge >= 0.3 is 5.97 Å². The van der Waals surface area contributed by atoms with Gasteiger partial charge in [-0.25, -0.2) is 4.79 Å². The average Bonchev–Trinajstić information content (AvgIpc) is 2.43. The Bertz CT molecular complexity index is 617. The summed E-state index contributed by atoms with van der Waals surface area (Å²) < 4.78 is 6.06. The van der Waals surface area contributed by atoms with Crippen LogP contribution in [0.25, 0.3) is 0 Å². The minimum absolute atomic E-state index is 0.276. The Balaban J connectivity index is 2.33. The van der Waals surface area contributed by atoms with Gasteiger partial charge in [0.25, 0.3) is 0 Å². The van der Waals surface area contributed by atoms with E-state index in [9.17, 15) is 4.79 Å². The molecule has 0 saturated carbocycles. The Morgan fingerprint density at radius 3 is 1.96 bits per heavy atom. The quantitative estimate of drug-likeness (QED) is 0.640. The fourth-order valence-corrected chi connectivity index (χ4v) is 4.54. The first-order valence-corrected chi connectivity index (χ1v) is 8.68. The molecule has 0 atom stereocenters. The van der Waals surface area contributed by atoms with Gasteiger partial charge in [0.1, 0.15) is 5.60 Å². The van der Waals surface area contributed by atoms with Gasteiger partial charge in [-0.2, -0.15) is 5.06 Å². The fraction of sp³-hybridized carbons (Fsp3) is 0.632. The van der Waals surface area contributed by atoms with Crippen molar-refractivity contribution in [2.24, 2.45) is 0 Å². The van der Waals surface area contributed by atoms with E-state index in [1.54, 1.807) is 25.3 Å². The molecule has 0 amide bonds. The van der Waals surface area contributed by atoms with Crippen LogP contribution in [0.2, 0.25) is 0 Å². The molecule has 4 N–H and O–H groups in total. The van der Waals surface area contributed by atoms with Gasteiger partial charge in [-0.15, -0.1) is 0 Å². The molecule has 0 spiro atoms. The molecular weight excluding hydrogens is 318 g/mol. The number of nitrogens with two attached hydrogens (primary N) is 2. The van der Waals surface area contributed by atoms with Crippen molar-refractivity contribution in [3.05, 3.63) is 23.8 Å². The van der Waals surface area contributed by atoms with Crippen LogP contribution in [0.3, 0.4) is 0 Å². The van der Waals surface area contributed by atoms with E-state index in [4.69, 9.17) is 21.0 Å². The van der Waals surface area contributed by atoms with E-state index in [2.05, 4.69) is 34.6 Å². The molecule has 6 nitrogen and oxygen atoms in total. The van der Waals surface area contributed by atoms with Crippen LogP contribution in [-0.2, 0) is 9.57 Å². The number of benzene rings is 1. The van der Waals surface area contributed by atoms with Crippen molar-refractivity contribution in [2.75, 3.05) is 18.6 Å². The second-order valence-corrected chi connectivity index (χ2v) is 8.27. The summed E-state index contributed by atoms with van der Waals surface area (Å²) >= 11 is 0. The first-order valence-electron chi connectivity index (χ1n) is 8.68. The van der Waals surface area contributed by atoms with E-state index in [0.717, 1.165) is 6.42 Å². The molecule has 6 heteroatoms. The molecule has 0 radical (unpaired) electrons. The Morgan fingerprint density at radius 2 is 1.56 bits per heavy atom. The van der Waals surface area contributed by atoms with Crippen LogP contribution in [0.5, 0.6) is 0 Å². The van der Waals surface area contributed by atoms with Crippen molar-refractivity contribution in [3.8, 4) is 0 Å². The number of esters is 1. The van der Waals surface area contributed by atoms with Gasteiger partial charge in [0, 0.05) is 35.3 Å². The molecule has 0 aromatic heterocycles. The van der Waals surface area contributed by atoms with Crippen LogP contribution < -0.4 is 11.5 Å². The van der Waals surface area contributed by atoms with Crippen LogP contribution in [0, 0.1) is 0 Å². The van der Waals surface area contributed by atoms with E-state index in [1.165, 1.54) is 0 Å². The maximum Gasteiger partial charge on any atom is 0.338 e. The molecule has 0 unspecified atom stereocenters. The minimum atomic E-state index is -0.571. The Labute approximate surface area is 150 Å². The molecule has 1 aliphatic rings. The third-order valence-electron chi connectivity index (χ3n) is 4.96. The van der Waals surface area contributed by atoms with Crippen LogP contribution in [0.4, 0.5) is 11.4 Å². The van der Waals surface area contributed by atoms with Gasteiger partial charge in [-0.1, -0.05) is 6.92 Å². The maximum atomic E-state index is 12.8. The largest absolute Gasteiger partial charge is 0.455 e. The molecule has 1 saturated heterocycles. The van der Waals surface area contributed by atoms with Crippen molar-refractivity contribution in [1.82, 2.24) is 5.06 Å². The van der Waals surface area contributed by atoms with Crippen LogP contribution in [-0.4, -0.2) is 34.8 Å². The maximum absolute atomic E-state index is 12.8. The summed E-state index contributed by atoms with van der Waals surface area (Å²) in [5.41, 5.74) is 11.8. The van der Waals surface area contributed by atoms with Gasteiger partial charge in [0.2, 0.25) is 0 Å². The van der Waals surface area contributed by atoms with Gasteiger partial charge in [0.05, 0.1) is 12.7 Å². The number of nitrogens with zero attached hydrogens (tertiary/aromatic N) is 1. The predicted octanol–water partition coefficient (Wildman–Crippen LogP) is 3.37. The zero-order valence-corrected chi connectivity index (χ0v) is 16.2. The standard InChI is InChI=1S/C19H31N3O3/c1-7-19(11-17(2,3)22(24-6)18(4,5)12-19)25-16(23)13-8-14(20)10-15(21)9-13/h8-10H,7,11-12,20-21H2,1-6H3. The molecule has 2 rings (SSSR count). The summed E-state index contributed by atoms with van der Waals surface area (Å²) in [6.07, 6.45) is 2.08. The van der Waals surface area contributed by atoms with Gasteiger partial charge < -0.3 is 21.0 Å². The van der Waals surface area contributed by atoms with Gasteiger partial charge in [0.15, 0.2) is 0 Å². The number of rotatable bonds is 4. The van der Waals surface area contributed by atoms with Crippen molar-refractivity contribution >= 4 is 17.3 Å². The lowest BCUT2D eigenvalue weighted by Crippen LogP contribution is -2.65. The summed E-state index contributed by atoms with van der Waals surface area (Å²) in [6.45, 7) is 10.5. The Kier molecular flexibility index (Phi) is 5.08. The molecule has 0 bridgehead atoms. The number of hydrogen-bond donors (Lipinski definition) is 2. The third-order valence-corrected chi connectivity index (χ3v) is 4.96. The first kappa shape index (κ1) is 19.5. The zero-order valence-electron chi connectivity index (χ0n) is 16.2. The third kappa shape index (κ3) is 3.90. The number of carbonyl (C=O) groups excluding carboxylic acids is 1. The first-order chi connectivity index (χ1) is 11.4. The minimum Gasteiger partial charge on any atom is -0.455 e. The van der Waals surface area contributed by atoms with E-state index in [0.29, 0.717) is 29.8 Å². The van der Waals surface area contributed by atoms with E-state index in [1.807, 2.05) is 5.06 Å². The SMILES string of the molecule is CCC1(OC(=O)c2cc(N)cc(N)c2)CC(C)(C)N(OC)C(C)(C)C1. The average molecular weight is 349 g/mol. The van der Waals surface area contributed by atoms with E-state index < -0.39 is 11.6 Å². The Morgan fingerprint density at radius 1 is 1.08 bits per heavy atom. The molecule has 1 aromatic rings. The number of anilines is 2. The van der Waals surface area contributed by atoms with Crippen LogP contribution >= 0.6 is 0 Å². The number of nitrogen functional groups attached to an aromatic ring is 2. The van der Waals surface area contributed by atoms with Crippen LogP contribution in [0.1, 0.15) is 64.2 Å². The molecule has 1 heterocycles. The topological polar surface area (TPSA) is 90.8 Å². The lowest BCUT2D eigenvalue weighted by atomic mass is 9.71. The summed E-state index contributed by atoms with van der Waals surface area (Å²) in [5.74, 6) is -0.390. The molecule has 25 heavy (non-hydrogen) atoms. The summed E-state index contributed by atoms with van der Waals surface area (Å²) in [7, 11) is 1.68. The zero-order chi connectivity index (χ0) is 19.0. The van der Waals surface area contributed by atoms with E-state index >= 15 is 0 Å². The number of piperidine rings is 1. The van der Waals surface area contributed by atoms with Crippen molar-refractivity contribution in [2.45, 2.75) is 70.6 Å². The second kappa shape index (κ2) is 6.50. The second-order valence-electron chi connectivity index (χ2n) is 8.27. The lowest BCUT2D eigenvalue weighted by Gasteiger charge is -2.57. The van der Waals surface area contributed by atoms with Crippen molar-refractivity contribution < 1.29 is 14.4 Å². The van der Waals surface area contributed by atoms with Gasteiger partial charge in [-0.3, -0.25) is 0 Å². The normalized spacial score (nSPS) is 21.7. The lowest BCUT2D eigenvalue weighted by molar-refractivity contribution is -0.291. The fourth-order valence-electron chi connectivity index (χ4n) is 4.54. The number of hydroxylamine groups is 2. The molecule has 1 fully saturated rings. The molecular formula is C19H31N3O3. The smallest absolute Gasteiger partial charge is 0.338 e. The number of hydrogen-bond acceptors (Lipinski definition) is 6. The van der Waals surface area contributed by atoms with Crippen LogP contribution in [0.15, 0.2) is 18.2 Å². The summed E-state index contributed by atoms with van der Waals surface area (Å²) in [6, 6.07) is 4.82. The summed E-state index contributed by atoms with van der Waals surface area (Å²) in [5, 5.41) is 2.00. The predicted molar refractivity (Wildman–Crippen MR) is 99.9 cm³/mol.